The summed E-state index contributed by atoms with van der Waals surface area (Å²) < 4.78 is 43.4. The van der Waals surface area contributed by atoms with Crippen LogP contribution in [-0.4, -0.2) is 22.1 Å². The van der Waals surface area contributed by atoms with Gasteiger partial charge in [-0.3, -0.25) is 4.79 Å². The topological polar surface area (TPSA) is 25.2 Å². The van der Waals surface area contributed by atoms with Crippen molar-refractivity contribution in [3.63, 3.8) is 0 Å². The standard InChI is InChI=1S/C17H16ClF3N2OS/c1-22(16(17(19,20)21)11-2-4-12(18)5-3-11)25-14-8-9-23(13-6-7-13)15(24)10-14/h2-5,8-10,13,16H,6-7H2,1H3/t16-/m1/s1. The SMILES string of the molecule is CN(Sc1ccn(C2CC2)c(=O)c1)[C@H](c1ccc(Cl)cc1)C(F)(F)F. The lowest BCUT2D eigenvalue weighted by Crippen LogP contribution is -2.32. The van der Waals surface area contributed by atoms with Crippen molar-refractivity contribution in [2.75, 3.05) is 7.05 Å². The number of pyridine rings is 1. The number of nitrogens with zero attached hydrogens (tertiary/aromatic N) is 2. The van der Waals surface area contributed by atoms with Gasteiger partial charge in [-0.15, -0.1) is 0 Å². The molecule has 0 N–H and O–H groups in total. The minimum absolute atomic E-state index is 0.0956. The molecule has 1 aliphatic carbocycles. The summed E-state index contributed by atoms with van der Waals surface area (Å²) in [6, 6.07) is 7.09. The van der Waals surface area contributed by atoms with Crippen LogP contribution in [0.1, 0.15) is 30.5 Å². The van der Waals surface area contributed by atoms with Gasteiger partial charge in [0, 0.05) is 28.2 Å². The Labute approximate surface area is 152 Å². The Balaban J connectivity index is 1.83. The fourth-order valence-corrected chi connectivity index (χ4v) is 3.73. The molecule has 2 aromatic rings. The van der Waals surface area contributed by atoms with Gasteiger partial charge in [-0.1, -0.05) is 23.7 Å². The van der Waals surface area contributed by atoms with Gasteiger partial charge >= 0.3 is 6.18 Å². The van der Waals surface area contributed by atoms with Gasteiger partial charge in [-0.25, -0.2) is 4.31 Å². The second kappa shape index (κ2) is 7.05. The highest BCUT2D eigenvalue weighted by atomic mass is 35.5. The van der Waals surface area contributed by atoms with Crippen molar-refractivity contribution in [2.45, 2.75) is 36.0 Å². The minimum Gasteiger partial charge on any atom is -0.312 e. The third-order valence-electron chi connectivity index (χ3n) is 3.97. The molecule has 0 bridgehead atoms. The second-order valence-corrected chi connectivity index (χ2v) is 7.64. The van der Waals surface area contributed by atoms with Crippen LogP contribution in [0.2, 0.25) is 5.02 Å². The first-order valence-electron chi connectivity index (χ1n) is 7.71. The molecule has 1 atom stereocenters. The first-order chi connectivity index (χ1) is 11.8. The summed E-state index contributed by atoms with van der Waals surface area (Å²) in [7, 11) is 1.36. The highest BCUT2D eigenvalue weighted by Gasteiger charge is 2.44. The number of halogens is 4. The third kappa shape index (κ3) is 4.40. The molecule has 0 aliphatic heterocycles. The van der Waals surface area contributed by atoms with Crippen LogP contribution in [0.5, 0.6) is 0 Å². The Morgan fingerprint density at radius 1 is 1.24 bits per heavy atom. The van der Waals surface area contributed by atoms with E-state index in [4.69, 9.17) is 11.6 Å². The van der Waals surface area contributed by atoms with E-state index in [0.29, 0.717) is 9.92 Å². The molecule has 1 fully saturated rings. The molecule has 8 heteroatoms. The van der Waals surface area contributed by atoms with Crippen LogP contribution in [0.15, 0.2) is 52.3 Å². The molecule has 1 heterocycles. The van der Waals surface area contributed by atoms with E-state index in [9.17, 15) is 18.0 Å². The number of rotatable bonds is 5. The number of hydrogen-bond acceptors (Lipinski definition) is 3. The maximum atomic E-state index is 13.6. The molecule has 1 aromatic heterocycles. The summed E-state index contributed by atoms with van der Waals surface area (Å²) in [5.74, 6) is 0. The Morgan fingerprint density at radius 3 is 2.40 bits per heavy atom. The Kier molecular flexibility index (Phi) is 5.18. The Hall–Kier alpha value is -1.44. The zero-order valence-corrected chi connectivity index (χ0v) is 14.9. The van der Waals surface area contributed by atoms with Gasteiger partial charge in [0.1, 0.15) is 6.04 Å². The Bertz CT molecular complexity index is 803. The first kappa shape index (κ1) is 18.4. The largest absolute Gasteiger partial charge is 0.408 e. The molecular formula is C17H16ClF3N2OS. The van der Waals surface area contributed by atoms with E-state index >= 15 is 0 Å². The quantitative estimate of drug-likeness (QED) is 0.668. The van der Waals surface area contributed by atoms with E-state index in [-0.39, 0.29) is 17.2 Å². The molecule has 0 saturated heterocycles. The summed E-state index contributed by atoms with van der Waals surface area (Å²) in [5.41, 5.74) is -0.0887. The molecule has 1 aliphatic rings. The molecule has 0 unspecified atom stereocenters. The number of alkyl halides is 3. The maximum Gasteiger partial charge on any atom is 0.408 e. The monoisotopic (exact) mass is 388 g/mol. The average molecular weight is 389 g/mol. The predicted molar refractivity (Wildman–Crippen MR) is 92.8 cm³/mol. The summed E-state index contributed by atoms with van der Waals surface area (Å²) >= 11 is 6.67. The van der Waals surface area contributed by atoms with Crippen molar-refractivity contribution in [3.05, 3.63) is 63.5 Å². The Morgan fingerprint density at radius 2 is 1.88 bits per heavy atom. The van der Waals surface area contributed by atoms with Crippen molar-refractivity contribution in [1.82, 2.24) is 8.87 Å². The van der Waals surface area contributed by atoms with Crippen LogP contribution in [0.4, 0.5) is 13.2 Å². The van der Waals surface area contributed by atoms with E-state index in [0.717, 1.165) is 29.1 Å². The molecule has 3 nitrogen and oxygen atoms in total. The smallest absolute Gasteiger partial charge is 0.312 e. The highest BCUT2D eigenvalue weighted by molar-refractivity contribution is 7.97. The van der Waals surface area contributed by atoms with Gasteiger partial charge in [0.25, 0.3) is 5.56 Å². The molecule has 3 rings (SSSR count). The van der Waals surface area contributed by atoms with Crippen molar-refractivity contribution >= 4 is 23.5 Å². The van der Waals surface area contributed by atoms with E-state index in [1.54, 1.807) is 16.8 Å². The summed E-state index contributed by atoms with van der Waals surface area (Å²) in [4.78, 5) is 12.6. The van der Waals surface area contributed by atoms with Crippen LogP contribution in [-0.2, 0) is 0 Å². The molecular weight excluding hydrogens is 373 g/mol. The van der Waals surface area contributed by atoms with Crippen LogP contribution in [0.3, 0.4) is 0 Å². The molecule has 0 radical (unpaired) electrons. The lowest BCUT2D eigenvalue weighted by Gasteiger charge is -2.29. The predicted octanol–water partition coefficient (Wildman–Crippen LogP) is 5.08. The van der Waals surface area contributed by atoms with Crippen LogP contribution in [0.25, 0.3) is 0 Å². The normalized spacial score (nSPS) is 16.2. The number of aromatic nitrogens is 1. The molecule has 0 amide bonds. The van der Waals surface area contributed by atoms with Gasteiger partial charge in [-0.2, -0.15) is 13.2 Å². The fourth-order valence-electron chi connectivity index (χ4n) is 2.65. The van der Waals surface area contributed by atoms with Crippen molar-refractivity contribution < 1.29 is 13.2 Å². The first-order valence-corrected chi connectivity index (χ1v) is 8.86. The summed E-state index contributed by atoms with van der Waals surface area (Å²) in [6.45, 7) is 0. The van der Waals surface area contributed by atoms with E-state index in [1.807, 2.05) is 0 Å². The number of benzene rings is 1. The lowest BCUT2D eigenvalue weighted by atomic mass is 10.1. The zero-order valence-electron chi connectivity index (χ0n) is 13.3. The minimum atomic E-state index is -4.46. The number of hydrogen-bond donors (Lipinski definition) is 0. The fraction of sp³-hybridized carbons (Fsp3) is 0.353. The van der Waals surface area contributed by atoms with Gasteiger partial charge in [-0.05, 0) is 55.6 Å². The van der Waals surface area contributed by atoms with E-state index in [1.165, 1.54) is 37.4 Å². The van der Waals surface area contributed by atoms with Crippen LogP contribution < -0.4 is 5.56 Å². The molecule has 0 spiro atoms. The second-order valence-electron chi connectivity index (χ2n) is 5.97. The van der Waals surface area contributed by atoms with Crippen molar-refractivity contribution in [3.8, 4) is 0 Å². The van der Waals surface area contributed by atoms with E-state index < -0.39 is 12.2 Å². The van der Waals surface area contributed by atoms with Crippen molar-refractivity contribution in [2.24, 2.45) is 0 Å². The maximum absolute atomic E-state index is 13.6. The molecule has 25 heavy (non-hydrogen) atoms. The zero-order chi connectivity index (χ0) is 18.2. The highest BCUT2D eigenvalue weighted by Crippen LogP contribution is 2.42. The summed E-state index contributed by atoms with van der Waals surface area (Å²) in [5, 5.41) is 0.378. The van der Waals surface area contributed by atoms with Gasteiger partial charge in [0.15, 0.2) is 0 Å². The third-order valence-corrected chi connectivity index (χ3v) is 5.18. The van der Waals surface area contributed by atoms with E-state index in [2.05, 4.69) is 0 Å². The molecule has 134 valence electrons. The van der Waals surface area contributed by atoms with Gasteiger partial charge in [0.05, 0.1) is 0 Å². The van der Waals surface area contributed by atoms with Crippen molar-refractivity contribution in [1.29, 1.82) is 0 Å². The molecule has 1 saturated carbocycles. The van der Waals surface area contributed by atoms with Crippen LogP contribution in [0, 0.1) is 0 Å². The van der Waals surface area contributed by atoms with Gasteiger partial charge < -0.3 is 4.57 Å². The van der Waals surface area contributed by atoms with Gasteiger partial charge in [0.2, 0.25) is 0 Å². The average Bonchev–Trinajstić information content (AvgIpc) is 3.33. The summed E-state index contributed by atoms with van der Waals surface area (Å²) in [6.07, 6.45) is -0.863. The lowest BCUT2D eigenvalue weighted by molar-refractivity contribution is -0.169. The molecule has 1 aromatic carbocycles. The van der Waals surface area contributed by atoms with Crippen LogP contribution >= 0.6 is 23.5 Å².